The molecule has 8 heteroatoms. The quantitative estimate of drug-likeness (QED) is 0.571. The number of esters is 1. The molecule has 1 aromatic heterocycles. The van der Waals surface area contributed by atoms with Crippen LogP contribution in [-0.4, -0.2) is 42.1 Å². The summed E-state index contributed by atoms with van der Waals surface area (Å²) in [6.45, 7) is 0. The summed E-state index contributed by atoms with van der Waals surface area (Å²) in [5.41, 5.74) is 1.58. The number of aromatic amines is 1. The number of hydrogen-bond donors (Lipinski definition) is 2. The van der Waals surface area contributed by atoms with Gasteiger partial charge in [0.15, 0.2) is 0 Å². The molecule has 3 unspecified atom stereocenters. The van der Waals surface area contributed by atoms with Crippen molar-refractivity contribution in [1.82, 2.24) is 4.98 Å². The Labute approximate surface area is 169 Å². The van der Waals surface area contributed by atoms with Crippen LogP contribution in [0.2, 0.25) is 0 Å². The molecule has 29 heavy (non-hydrogen) atoms. The lowest BCUT2D eigenvalue weighted by molar-refractivity contribution is -0.141. The van der Waals surface area contributed by atoms with Gasteiger partial charge < -0.3 is 9.72 Å². The van der Waals surface area contributed by atoms with Crippen LogP contribution in [-0.2, 0) is 19.6 Å². The predicted octanol–water partition coefficient (Wildman–Crippen LogP) is 3.22. The minimum absolute atomic E-state index is 0.00608. The van der Waals surface area contributed by atoms with Gasteiger partial charge in [-0.05, 0) is 49.5 Å². The fourth-order valence-electron chi connectivity index (χ4n) is 5.42. The van der Waals surface area contributed by atoms with Gasteiger partial charge in [0.2, 0.25) is 0 Å². The Morgan fingerprint density at radius 1 is 1.14 bits per heavy atom. The van der Waals surface area contributed by atoms with Gasteiger partial charge >= 0.3 is 5.97 Å². The van der Waals surface area contributed by atoms with E-state index < -0.39 is 10.1 Å². The van der Waals surface area contributed by atoms with Crippen molar-refractivity contribution in [3.8, 4) is 0 Å². The van der Waals surface area contributed by atoms with Gasteiger partial charge in [-0.15, -0.1) is 0 Å². The Balaban J connectivity index is 0.000000369. The van der Waals surface area contributed by atoms with Crippen LogP contribution in [0.15, 0.2) is 30.5 Å². The smallest absolute Gasteiger partial charge is 0.340 e. The molecular formula is C21H25NO6S. The number of hydrogen-bond acceptors (Lipinski definition) is 5. The van der Waals surface area contributed by atoms with Crippen LogP contribution < -0.4 is 0 Å². The Bertz CT molecular complexity index is 1020. The van der Waals surface area contributed by atoms with Crippen molar-refractivity contribution in [3.05, 3.63) is 36.0 Å². The zero-order valence-electron chi connectivity index (χ0n) is 16.2. The Morgan fingerprint density at radius 3 is 2.38 bits per heavy atom. The fraction of sp³-hybridized carbons (Fsp3) is 0.524. The van der Waals surface area contributed by atoms with Crippen molar-refractivity contribution in [3.63, 3.8) is 0 Å². The predicted molar refractivity (Wildman–Crippen MR) is 107 cm³/mol. The standard InChI is InChI=1S/C20H21NO3.CH4O3S/c22-19-9-16-11-5-13(19)6-12(16)8-14(7-11)24-20(23)17-10-21-18-4-2-1-3-15(17)18;1-5(2,3)4/h1-4,10-14,16,21H,5-9H2;1H3,(H,2,3,4)/t11-,12+,13?,14?,16?;. The van der Waals surface area contributed by atoms with E-state index in [1.807, 2.05) is 24.3 Å². The normalized spacial score (nSPS) is 30.6. The summed E-state index contributed by atoms with van der Waals surface area (Å²) >= 11 is 0. The van der Waals surface area contributed by atoms with Crippen molar-refractivity contribution in [2.45, 2.75) is 38.2 Å². The monoisotopic (exact) mass is 419 g/mol. The highest BCUT2D eigenvalue weighted by Gasteiger charge is 2.50. The van der Waals surface area contributed by atoms with E-state index in [4.69, 9.17) is 9.29 Å². The third-order valence-electron chi connectivity index (χ3n) is 6.49. The molecule has 0 radical (unpaired) electrons. The molecule has 1 aromatic carbocycles. The van der Waals surface area contributed by atoms with E-state index in [1.165, 1.54) is 0 Å². The number of aromatic nitrogens is 1. The van der Waals surface area contributed by atoms with Crippen LogP contribution in [0, 0.1) is 23.7 Å². The molecule has 156 valence electrons. The number of rotatable bonds is 2. The summed E-state index contributed by atoms with van der Waals surface area (Å²) in [6, 6.07) is 7.80. The number of ketones is 1. The van der Waals surface area contributed by atoms with Crippen LogP contribution in [0.25, 0.3) is 10.9 Å². The highest BCUT2D eigenvalue weighted by Crippen LogP contribution is 2.53. The van der Waals surface area contributed by atoms with Crippen molar-refractivity contribution in [1.29, 1.82) is 0 Å². The van der Waals surface area contributed by atoms with Crippen LogP contribution in [0.1, 0.15) is 42.5 Å². The van der Waals surface area contributed by atoms with Crippen LogP contribution >= 0.6 is 0 Å². The molecule has 0 spiro atoms. The molecule has 5 atom stereocenters. The molecule has 4 bridgehead atoms. The topological polar surface area (TPSA) is 114 Å². The number of benzene rings is 1. The van der Waals surface area contributed by atoms with E-state index >= 15 is 0 Å². The summed E-state index contributed by atoms with van der Waals surface area (Å²) in [4.78, 5) is 27.7. The van der Waals surface area contributed by atoms with Gasteiger partial charge in [-0.2, -0.15) is 8.42 Å². The molecule has 4 aliphatic rings. The van der Waals surface area contributed by atoms with Crippen LogP contribution in [0.5, 0.6) is 0 Å². The number of carbonyl (C=O) groups is 2. The number of Topliss-reactive ketones (excluding diaryl/α,β-unsaturated/α-hetero) is 1. The number of para-hydroxylation sites is 1. The molecule has 0 aliphatic heterocycles. The number of fused-ring (bicyclic) bond motifs is 2. The van der Waals surface area contributed by atoms with Gasteiger partial charge in [-0.1, -0.05) is 18.2 Å². The summed E-state index contributed by atoms with van der Waals surface area (Å²) < 4.78 is 31.7. The number of H-pyrrole nitrogens is 1. The maximum absolute atomic E-state index is 12.6. The molecule has 4 saturated carbocycles. The van der Waals surface area contributed by atoms with Gasteiger partial charge in [0.25, 0.3) is 10.1 Å². The number of carbonyl (C=O) groups excluding carboxylic acids is 2. The maximum Gasteiger partial charge on any atom is 0.340 e. The summed E-state index contributed by atoms with van der Waals surface area (Å²) in [5, 5.41) is 0.920. The second-order valence-electron chi connectivity index (χ2n) is 8.50. The lowest BCUT2D eigenvalue weighted by Crippen LogP contribution is -2.49. The third kappa shape index (κ3) is 4.38. The third-order valence-corrected chi connectivity index (χ3v) is 6.49. The van der Waals surface area contributed by atoms with Gasteiger partial charge in [0, 0.05) is 29.4 Å². The van der Waals surface area contributed by atoms with Gasteiger partial charge in [0.1, 0.15) is 11.9 Å². The Kier molecular flexibility index (Phi) is 5.25. The van der Waals surface area contributed by atoms with E-state index in [9.17, 15) is 18.0 Å². The molecule has 0 saturated heterocycles. The SMILES string of the molecule is CS(=O)(=O)O.O=C(OC1C[C@@H]2CC3C[C@H](C1)C2CC3=O)c1c[nH]c2ccccc12. The zero-order chi connectivity index (χ0) is 20.8. The highest BCUT2D eigenvalue weighted by atomic mass is 32.2. The van der Waals surface area contributed by atoms with E-state index in [-0.39, 0.29) is 18.0 Å². The summed E-state index contributed by atoms with van der Waals surface area (Å²) in [6.07, 6.45) is 7.12. The largest absolute Gasteiger partial charge is 0.459 e. The lowest BCUT2D eigenvalue weighted by atomic mass is 9.54. The number of nitrogens with one attached hydrogen (secondary N) is 1. The van der Waals surface area contributed by atoms with Crippen molar-refractivity contribution in [2.24, 2.45) is 23.7 Å². The Hall–Kier alpha value is -2.19. The average Bonchev–Trinajstić information content (AvgIpc) is 3.04. The minimum Gasteiger partial charge on any atom is -0.459 e. The fourth-order valence-corrected chi connectivity index (χ4v) is 5.42. The Morgan fingerprint density at radius 2 is 1.76 bits per heavy atom. The van der Waals surface area contributed by atoms with E-state index in [0.717, 1.165) is 43.0 Å². The van der Waals surface area contributed by atoms with Gasteiger partial charge in [-0.25, -0.2) is 4.79 Å². The second kappa shape index (κ2) is 7.57. The van der Waals surface area contributed by atoms with Crippen LogP contribution in [0.3, 0.4) is 0 Å². The molecule has 1 heterocycles. The maximum atomic E-state index is 12.6. The highest BCUT2D eigenvalue weighted by molar-refractivity contribution is 7.85. The molecule has 7 nitrogen and oxygen atoms in total. The zero-order valence-corrected chi connectivity index (χ0v) is 17.0. The van der Waals surface area contributed by atoms with Crippen LogP contribution in [0.4, 0.5) is 0 Å². The molecule has 2 N–H and O–H groups in total. The number of ether oxygens (including phenoxy) is 1. The van der Waals surface area contributed by atoms with Crippen molar-refractivity contribution >= 4 is 32.8 Å². The first-order chi connectivity index (χ1) is 13.7. The van der Waals surface area contributed by atoms with Gasteiger partial charge in [-0.3, -0.25) is 9.35 Å². The lowest BCUT2D eigenvalue weighted by Gasteiger charge is -2.51. The van der Waals surface area contributed by atoms with Crippen molar-refractivity contribution in [2.75, 3.05) is 6.26 Å². The van der Waals surface area contributed by atoms with E-state index in [1.54, 1.807) is 6.20 Å². The van der Waals surface area contributed by atoms with E-state index in [2.05, 4.69) is 4.98 Å². The van der Waals surface area contributed by atoms with Gasteiger partial charge in [0.05, 0.1) is 11.8 Å². The first-order valence-electron chi connectivity index (χ1n) is 9.91. The molecule has 2 aromatic rings. The molecule has 6 rings (SSSR count). The summed E-state index contributed by atoms with van der Waals surface area (Å²) in [5.74, 6) is 2.23. The minimum atomic E-state index is -3.67. The first kappa shape index (κ1) is 20.1. The molecule has 4 fully saturated rings. The summed E-state index contributed by atoms with van der Waals surface area (Å²) in [7, 11) is -3.67. The molecule has 4 aliphatic carbocycles. The van der Waals surface area contributed by atoms with Crippen molar-refractivity contribution < 1.29 is 27.3 Å². The second-order valence-corrected chi connectivity index (χ2v) is 9.97. The molecule has 0 amide bonds. The first-order valence-corrected chi connectivity index (χ1v) is 11.8. The average molecular weight is 419 g/mol. The van der Waals surface area contributed by atoms with E-state index in [0.29, 0.717) is 35.4 Å². The molecular weight excluding hydrogens is 394 g/mol.